The molecule has 0 atom stereocenters. The molecule has 1 amide bonds. The zero-order valence-corrected chi connectivity index (χ0v) is 16.7. The lowest BCUT2D eigenvalue weighted by Gasteiger charge is -2.31. The summed E-state index contributed by atoms with van der Waals surface area (Å²) < 4.78 is 0. The number of fused-ring (bicyclic) bond motifs is 1. The quantitative estimate of drug-likeness (QED) is 0.673. The molecule has 1 aliphatic heterocycles. The lowest BCUT2D eigenvalue weighted by atomic mass is 9.94. The summed E-state index contributed by atoms with van der Waals surface area (Å²) in [5.41, 5.74) is 4.60. The van der Waals surface area contributed by atoms with Gasteiger partial charge in [-0.15, -0.1) is 0 Å². The van der Waals surface area contributed by atoms with Gasteiger partial charge in [-0.3, -0.25) is 9.69 Å². The number of rotatable bonds is 4. The van der Waals surface area contributed by atoms with Gasteiger partial charge in [0.15, 0.2) is 0 Å². The number of likely N-dealkylation sites (tertiary alicyclic amines) is 1. The van der Waals surface area contributed by atoms with E-state index in [-0.39, 0.29) is 11.8 Å². The van der Waals surface area contributed by atoms with Crippen LogP contribution in [0.2, 0.25) is 0 Å². The Morgan fingerprint density at radius 1 is 0.929 bits per heavy atom. The van der Waals surface area contributed by atoms with Crippen LogP contribution in [0.3, 0.4) is 0 Å². The molecule has 0 spiro atoms. The second-order valence-electron chi connectivity index (χ2n) is 7.94. The maximum absolute atomic E-state index is 12.8. The van der Waals surface area contributed by atoms with Crippen LogP contribution in [-0.2, 0) is 11.3 Å². The molecule has 144 valence electrons. The lowest BCUT2D eigenvalue weighted by molar-refractivity contribution is -0.121. The number of hydrogen-bond acceptors (Lipinski definition) is 2. The monoisotopic (exact) mass is 372 g/mol. The van der Waals surface area contributed by atoms with Crippen molar-refractivity contribution in [3.8, 4) is 0 Å². The molecule has 0 aromatic heterocycles. The molecule has 3 aromatic carbocycles. The highest BCUT2D eigenvalue weighted by atomic mass is 16.1. The number of amides is 1. The Balaban J connectivity index is 1.37. The normalized spacial score (nSPS) is 15.6. The predicted octanol–water partition coefficient (Wildman–Crippen LogP) is 5.31. The molecule has 0 radical (unpaired) electrons. The van der Waals surface area contributed by atoms with Crippen LogP contribution >= 0.6 is 0 Å². The fraction of sp³-hybridized carbons (Fsp3) is 0.320. The van der Waals surface area contributed by atoms with E-state index in [0.717, 1.165) is 49.3 Å². The van der Waals surface area contributed by atoms with Crippen LogP contribution in [0, 0.1) is 19.8 Å². The smallest absolute Gasteiger partial charge is 0.227 e. The Hall–Kier alpha value is -2.65. The van der Waals surface area contributed by atoms with Crippen LogP contribution in [0.5, 0.6) is 0 Å². The number of para-hydroxylation sites is 1. The number of nitrogens with one attached hydrogen (secondary N) is 1. The minimum Gasteiger partial charge on any atom is -0.325 e. The minimum absolute atomic E-state index is 0.0998. The summed E-state index contributed by atoms with van der Waals surface area (Å²) in [6.07, 6.45) is 1.84. The van der Waals surface area contributed by atoms with Gasteiger partial charge < -0.3 is 5.32 Å². The van der Waals surface area contributed by atoms with Gasteiger partial charge in [0, 0.05) is 18.2 Å². The summed E-state index contributed by atoms with van der Waals surface area (Å²) in [4.78, 5) is 15.3. The van der Waals surface area contributed by atoms with Gasteiger partial charge in [-0.05, 0) is 67.2 Å². The molecule has 0 saturated carbocycles. The SMILES string of the molecule is Cc1cccc(C)c1NC(=O)C1CCN(Cc2cccc3ccccc23)CC1. The van der Waals surface area contributed by atoms with Crippen molar-refractivity contribution in [1.82, 2.24) is 4.90 Å². The topological polar surface area (TPSA) is 32.3 Å². The van der Waals surface area contributed by atoms with Crippen LogP contribution in [0.1, 0.15) is 29.5 Å². The van der Waals surface area contributed by atoms with E-state index in [9.17, 15) is 4.79 Å². The maximum Gasteiger partial charge on any atom is 0.227 e. The average molecular weight is 373 g/mol. The first-order valence-corrected chi connectivity index (χ1v) is 10.2. The molecule has 3 aromatic rings. The molecule has 3 nitrogen and oxygen atoms in total. The van der Waals surface area contributed by atoms with Gasteiger partial charge in [0.05, 0.1) is 0 Å². The summed E-state index contributed by atoms with van der Waals surface area (Å²) in [6, 6.07) is 21.2. The van der Waals surface area contributed by atoms with Crippen LogP contribution in [-0.4, -0.2) is 23.9 Å². The first kappa shape index (κ1) is 18.7. The van der Waals surface area contributed by atoms with E-state index in [1.165, 1.54) is 16.3 Å². The van der Waals surface area contributed by atoms with Crippen molar-refractivity contribution in [1.29, 1.82) is 0 Å². The van der Waals surface area contributed by atoms with Crippen molar-refractivity contribution >= 4 is 22.4 Å². The van der Waals surface area contributed by atoms with Crippen molar-refractivity contribution in [2.75, 3.05) is 18.4 Å². The van der Waals surface area contributed by atoms with Crippen molar-refractivity contribution in [3.05, 3.63) is 77.4 Å². The number of anilines is 1. The third-order valence-corrected chi connectivity index (χ3v) is 5.96. The Morgan fingerprint density at radius 2 is 1.57 bits per heavy atom. The lowest BCUT2D eigenvalue weighted by Crippen LogP contribution is -2.38. The maximum atomic E-state index is 12.8. The number of carbonyl (C=O) groups excluding carboxylic acids is 1. The molecule has 28 heavy (non-hydrogen) atoms. The highest BCUT2D eigenvalue weighted by Crippen LogP contribution is 2.26. The molecule has 0 unspecified atom stereocenters. The summed E-state index contributed by atoms with van der Waals surface area (Å²) in [5, 5.41) is 5.81. The molecule has 1 N–H and O–H groups in total. The third-order valence-electron chi connectivity index (χ3n) is 5.96. The predicted molar refractivity (Wildman–Crippen MR) is 116 cm³/mol. The first-order chi connectivity index (χ1) is 13.6. The zero-order valence-electron chi connectivity index (χ0n) is 16.7. The van der Waals surface area contributed by atoms with Crippen molar-refractivity contribution in [2.24, 2.45) is 5.92 Å². The second-order valence-corrected chi connectivity index (χ2v) is 7.94. The van der Waals surface area contributed by atoms with E-state index >= 15 is 0 Å². The number of carbonyl (C=O) groups is 1. The number of hydrogen-bond donors (Lipinski definition) is 1. The van der Waals surface area contributed by atoms with Gasteiger partial charge in [-0.2, -0.15) is 0 Å². The van der Waals surface area contributed by atoms with Gasteiger partial charge in [0.1, 0.15) is 0 Å². The molecule has 1 aliphatic rings. The van der Waals surface area contributed by atoms with Gasteiger partial charge in [-0.1, -0.05) is 60.7 Å². The van der Waals surface area contributed by atoms with E-state index in [4.69, 9.17) is 0 Å². The van der Waals surface area contributed by atoms with Gasteiger partial charge in [-0.25, -0.2) is 0 Å². The number of benzene rings is 3. The zero-order chi connectivity index (χ0) is 19.5. The van der Waals surface area contributed by atoms with E-state index in [1.54, 1.807) is 0 Å². The fourth-order valence-corrected chi connectivity index (χ4v) is 4.26. The van der Waals surface area contributed by atoms with Crippen molar-refractivity contribution in [2.45, 2.75) is 33.2 Å². The third kappa shape index (κ3) is 3.95. The molecule has 1 saturated heterocycles. The molecule has 3 heteroatoms. The molecule has 4 rings (SSSR count). The summed E-state index contributed by atoms with van der Waals surface area (Å²) >= 11 is 0. The van der Waals surface area contributed by atoms with E-state index in [1.807, 2.05) is 6.07 Å². The van der Waals surface area contributed by atoms with Crippen molar-refractivity contribution in [3.63, 3.8) is 0 Å². The van der Waals surface area contributed by atoms with Crippen LogP contribution in [0.25, 0.3) is 10.8 Å². The Labute approximate surface area is 167 Å². The van der Waals surface area contributed by atoms with Gasteiger partial charge in [0.25, 0.3) is 0 Å². The first-order valence-electron chi connectivity index (χ1n) is 10.2. The van der Waals surface area contributed by atoms with Gasteiger partial charge >= 0.3 is 0 Å². The average Bonchev–Trinajstić information content (AvgIpc) is 2.71. The van der Waals surface area contributed by atoms with Crippen LogP contribution < -0.4 is 5.32 Å². The van der Waals surface area contributed by atoms with E-state index in [0.29, 0.717) is 0 Å². The van der Waals surface area contributed by atoms with E-state index in [2.05, 4.69) is 78.7 Å². The van der Waals surface area contributed by atoms with E-state index < -0.39 is 0 Å². The molecule has 1 heterocycles. The molecule has 1 fully saturated rings. The Morgan fingerprint density at radius 3 is 2.32 bits per heavy atom. The summed E-state index contributed by atoms with van der Waals surface area (Å²) in [5.74, 6) is 0.269. The second kappa shape index (κ2) is 8.15. The highest BCUT2D eigenvalue weighted by molar-refractivity contribution is 5.94. The van der Waals surface area contributed by atoms with Crippen LogP contribution in [0.4, 0.5) is 5.69 Å². The van der Waals surface area contributed by atoms with Crippen LogP contribution in [0.15, 0.2) is 60.7 Å². The Bertz CT molecular complexity index is 961. The summed E-state index contributed by atoms with van der Waals surface area (Å²) in [6.45, 7) is 6.99. The molecular formula is C25H28N2O. The molecule has 0 bridgehead atoms. The largest absolute Gasteiger partial charge is 0.325 e. The number of aryl methyl sites for hydroxylation is 2. The molecule has 0 aliphatic carbocycles. The highest BCUT2D eigenvalue weighted by Gasteiger charge is 2.25. The Kier molecular flexibility index (Phi) is 5.45. The van der Waals surface area contributed by atoms with Gasteiger partial charge in [0.2, 0.25) is 5.91 Å². The number of piperidine rings is 1. The minimum atomic E-state index is 0.0998. The summed E-state index contributed by atoms with van der Waals surface area (Å²) in [7, 11) is 0. The number of nitrogens with zero attached hydrogens (tertiary/aromatic N) is 1. The van der Waals surface area contributed by atoms with Crippen molar-refractivity contribution < 1.29 is 4.79 Å². The standard InChI is InChI=1S/C25H28N2O/c1-18-7-5-8-19(2)24(18)26-25(28)21-13-15-27(16-14-21)17-22-11-6-10-20-9-3-4-12-23(20)22/h3-12,21H,13-17H2,1-2H3,(H,26,28). The molecular weight excluding hydrogens is 344 g/mol. The fourth-order valence-electron chi connectivity index (χ4n) is 4.26.